The third-order valence-electron chi connectivity index (χ3n) is 5.76. The van der Waals surface area contributed by atoms with Crippen LogP contribution in [0.1, 0.15) is 39.5 Å². The van der Waals surface area contributed by atoms with E-state index in [-0.39, 0.29) is 29.4 Å². The first-order valence-electron chi connectivity index (χ1n) is 10.7. The van der Waals surface area contributed by atoms with Crippen molar-refractivity contribution in [2.45, 2.75) is 25.8 Å². The van der Waals surface area contributed by atoms with Crippen LogP contribution in [0, 0.1) is 6.92 Å². The largest absolute Gasteiger partial charge is 0.451 e. The van der Waals surface area contributed by atoms with E-state index in [4.69, 9.17) is 8.94 Å². The monoisotopic (exact) mass is 429 g/mol. The van der Waals surface area contributed by atoms with E-state index in [1.165, 1.54) is 0 Å². The summed E-state index contributed by atoms with van der Waals surface area (Å²) in [5.74, 6) is -0.0298. The van der Waals surface area contributed by atoms with E-state index in [1.54, 1.807) is 17.0 Å². The molecule has 0 saturated carbocycles. The van der Waals surface area contributed by atoms with Crippen LogP contribution in [0.4, 0.5) is 0 Å². The third kappa shape index (κ3) is 4.01. The summed E-state index contributed by atoms with van der Waals surface area (Å²) in [6, 6.07) is 18.6. The second-order valence-corrected chi connectivity index (χ2v) is 8.15. The second-order valence-electron chi connectivity index (χ2n) is 8.15. The summed E-state index contributed by atoms with van der Waals surface area (Å²) in [4.78, 5) is 27.4. The molecule has 2 aromatic carbocycles. The Kier molecular flexibility index (Phi) is 5.23. The smallest absolute Gasteiger partial charge is 0.292 e. The molecule has 1 fully saturated rings. The molecular formula is C25H23N3O4. The van der Waals surface area contributed by atoms with E-state index in [0.717, 1.165) is 29.4 Å². The summed E-state index contributed by atoms with van der Waals surface area (Å²) in [6.07, 6.45) is 1.58. The minimum absolute atomic E-state index is 0.159. The highest BCUT2D eigenvalue weighted by atomic mass is 16.5. The molecule has 1 aliphatic heterocycles. The van der Waals surface area contributed by atoms with Gasteiger partial charge in [-0.3, -0.25) is 9.59 Å². The maximum atomic E-state index is 13.0. The predicted molar refractivity (Wildman–Crippen MR) is 119 cm³/mol. The Morgan fingerprint density at radius 2 is 1.88 bits per heavy atom. The number of nitrogens with zero attached hydrogens (tertiary/aromatic N) is 2. The Balaban J connectivity index is 1.25. The van der Waals surface area contributed by atoms with Crippen molar-refractivity contribution in [1.29, 1.82) is 0 Å². The Morgan fingerprint density at radius 3 is 2.69 bits per heavy atom. The summed E-state index contributed by atoms with van der Waals surface area (Å²) < 4.78 is 11.0. The van der Waals surface area contributed by atoms with Crippen LogP contribution in [0.2, 0.25) is 0 Å². The molecule has 32 heavy (non-hydrogen) atoms. The number of furan rings is 1. The number of carbonyl (C=O) groups excluding carboxylic acids is 2. The van der Waals surface area contributed by atoms with Gasteiger partial charge in [0.1, 0.15) is 11.3 Å². The zero-order valence-corrected chi connectivity index (χ0v) is 17.7. The highest BCUT2D eigenvalue weighted by Gasteiger charge is 2.28. The molecule has 7 nitrogen and oxygen atoms in total. The molecule has 1 atom stereocenters. The molecule has 1 saturated heterocycles. The van der Waals surface area contributed by atoms with Crippen molar-refractivity contribution in [3.05, 3.63) is 77.7 Å². The molecule has 2 aromatic heterocycles. The van der Waals surface area contributed by atoms with Gasteiger partial charge < -0.3 is 19.2 Å². The highest BCUT2D eigenvalue weighted by molar-refractivity contribution is 5.96. The molecule has 2 amide bonds. The van der Waals surface area contributed by atoms with Crippen LogP contribution in [-0.2, 0) is 0 Å². The number of benzene rings is 2. The maximum Gasteiger partial charge on any atom is 0.292 e. The first kappa shape index (κ1) is 20.1. The van der Waals surface area contributed by atoms with Gasteiger partial charge in [-0.15, -0.1) is 0 Å². The van der Waals surface area contributed by atoms with Gasteiger partial charge in [0.15, 0.2) is 5.76 Å². The Morgan fingerprint density at radius 1 is 1.06 bits per heavy atom. The number of hydrogen-bond donors (Lipinski definition) is 1. The van der Waals surface area contributed by atoms with Crippen LogP contribution in [0.3, 0.4) is 0 Å². The van der Waals surface area contributed by atoms with Gasteiger partial charge in [0.2, 0.25) is 5.76 Å². The van der Waals surface area contributed by atoms with Crippen LogP contribution < -0.4 is 5.32 Å². The van der Waals surface area contributed by atoms with Crippen LogP contribution >= 0.6 is 0 Å². The number of aryl methyl sites for hydroxylation is 1. The van der Waals surface area contributed by atoms with Crippen molar-refractivity contribution in [3.63, 3.8) is 0 Å². The summed E-state index contributed by atoms with van der Waals surface area (Å²) in [6.45, 7) is 3.03. The molecule has 7 heteroatoms. The highest BCUT2D eigenvalue weighted by Crippen LogP contribution is 2.22. The number of nitrogens with one attached hydrogen (secondary N) is 1. The lowest BCUT2D eigenvalue weighted by Crippen LogP contribution is -2.49. The third-order valence-corrected chi connectivity index (χ3v) is 5.76. The van der Waals surface area contributed by atoms with E-state index in [2.05, 4.69) is 10.5 Å². The first-order chi connectivity index (χ1) is 15.6. The van der Waals surface area contributed by atoms with Gasteiger partial charge >= 0.3 is 0 Å². The Hall–Kier alpha value is -3.87. The lowest BCUT2D eigenvalue weighted by atomic mass is 10.0. The normalized spacial score (nSPS) is 16.3. The van der Waals surface area contributed by atoms with Gasteiger partial charge in [-0.05, 0) is 31.9 Å². The van der Waals surface area contributed by atoms with Gasteiger partial charge in [0.05, 0.1) is 0 Å². The summed E-state index contributed by atoms with van der Waals surface area (Å²) in [7, 11) is 0. The average Bonchev–Trinajstić information content (AvgIpc) is 3.47. The fourth-order valence-corrected chi connectivity index (χ4v) is 4.02. The summed E-state index contributed by atoms with van der Waals surface area (Å²) >= 11 is 0. The number of fused-ring (bicyclic) bond motifs is 1. The van der Waals surface area contributed by atoms with E-state index in [0.29, 0.717) is 24.4 Å². The number of hydrogen-bond acceptors (Lipinski definition) is 5. The molecule has 0 aliphatic carbocycles. The topological polar surface area (TPSA) is 88.6 Å². The molecule has 1 N–H and O–H groups in total. The van der Waals surface area contributed by atoms with Gasteiger partial charge in [-0.1, -0.05) is 53.2 Å². The number of piperidine rings is 1. The number of aromatic nitrogens is 1. The molecule has 5 rings (SSSR count). The second kappa shape index (κ2) is 8.34. The average molecular weight is 429 g/mol. The fraction of sp³-hybridized carbons (Fsp3) is 0.240. The van der Waals surface area contributed by atoms with Crippen LogP contribution in [0.25, 0.3) is 22.2 Å². The van der Waals surface area contributed by atoms with E-state index >= 15 is 0 Å². The van der Waals surface area contributed by atoms with Crippen molar-refractivity contribution < 1.29 is 18.5 Å². The number of rotatable bonds is 4. The quantitative estimate of drug-likeness (QED) is 0.518. The van der Waals surface area contributed by atoms with Crippen molar-refractivity contribution in [2.75, 3.05) is 13.1 Å². The fourth-order valence-electron chi connectivity index (χ4n) is 4.02. The van der Waals surface area contributed by atoms with E-state index < -0.39 is 0 Å². The lowest BCUT2D eigenvalue weighted by molar-refractivity contribution is 0.0635. The molecule has 3 heterocycles. The minimum Gasteiger partial charge on any atom is -0.451 e. The first-order valence-corrected chi connectivity index (χ1v) is 10.7. The summed E-state index contributed by atoms with van der Waals surface area (Å²) in [5.41, 5.74) is 3.35. The molecule has 162 valence electrons. The molecular weight excluding hydrogens is 406 g/mol. The Bertz CT molecular complexity index is 1240. The number of carbonyl (C=O) groups is 2. The minimum atomic E-state index is -0.276. The number of para-hydroxylation sites is 1. The van der Waals surface area contributed by atoms with Crippen molar-refractivity contribution >= 4 is 22.8 Å². The number of likely N-dealkylation sites (tertiary alicyclic amines) is 1. The molecule has 0 radical (unpaired) electrons. The van der Waals surface area contributed by atoms with Gasteiger partial charge in [-0.2, -0.15) is 0 Å². The zero-order chi connectivity index (χ0) is 22.1. The van der Waals surface area contributed by atoms with E-state index in [1.807, 2.05) is 55.5 Å². The van der Waals surface area contributed by atoms with E-state index in [9.17, 15) is 9.59 Å². The maximum absolute atomic E-state index is 13.0. The van der Waals surface area contributed by atoms with Gasteiger partial charge in [-0.25, -0.2) is 0 Å². The number of amides is 2. The van der Waals surface area contributed by atoms with Crippen LogP contribution in [0.5, 0.6) is 0 Å². The Labute approximate surface area is 185 Å². The van der Waals surface area contributed by atoms with Gasteiger partial charge in [0.25, 0.3) is 11.8 Å². The van der Waals surface area contributed by atoms with Crippen LogP contribution in [-0.4, -0.2) is 41.0 Å². The zero-order valence-electron chi connectivity index (χ0n) is 17.7. The van der Waals surface area contributed by atoms with Crippen molar-refractivity contribution in [2.24, 2.45) is 0 Å². The lowest BCUT2D eigenvalue weighted by Gasteiger charge is -2.32. The molecule has 0 bridgehead atoms. The predicted octanol–water partition coefficient (Wildman–Crippen LogP) is 4.43. The molecule has 4 aromatic rings. The summed E-state index contributed by atoms with van der Waals surface area (Å²) in [5, 5.41) is 7.93. The standard InChI is InChI=1S/C25H23N3O4/c1-16-8-10-17(11-9-16)20-14-23(32-27-20)25(30)28-12-4-6-19(15-28)26-24(29)22-13-18-5-2-3-7-21(18)31-22/h2-3,5,7-11,13-14,19H,4,6,12,15H2,1H3,(H,26,29). The molecule has 0 spiro atoms. The van der Waals surface area contributed by atoms with Crippen LogP contribution in [0.15, 0.2) is 69.6 Å². The van der Waals surface area contributed by atoms with Crippen molar-refractivity contribution in [3.8, 4) is 11.3 Å². The molecule has 1 aliphatic rings. The SMILES string of the molecule is Cc1ccc(-c2cc(C(=O)N3CCCC(NC(=O)c4cc5ccccc5o4)C3)on2)cc1. The molecule has 1 unspecified atom stereocenters. The van der Waals surface area contributed by atoms with Crippen molar-refractivity contribution in [1.82, 2.24) is 15.4 Å². The van der Waals surface area contributed by atoms with Gasteiger partial charge in [0, 0.05) is 36.1 Å².